The van der Waals surface area contributed by atoms with Crippen LogP contribution in [0.15, 0.2) is 5.16 Å². The molecule has 0 bridgehead atoms. The number of urea groups is 1. The lowest BCUT2D eigenvalue weighted by Crippen LogP contribution is -2.45. The van der Waals surface area contributed by atoms with Crippen molar-refractivity contribution in [2.24, 2.45) is 0 Å². The average molecular weight is 363 g/mol. The van der Waals surface area contributed by atoms with Crippen LogP contribution in [0.25, 0.3) is 0 Å². The van der Waals surface area contributed by atoms with E-state index in [1.807, 2.05) is 6.92 Å². The fraction of sp³-hybridized carbons (Fsp3) is 0.765. The Labute approximate surface area is 151 Å². The highest BCUT2D eigenvalue weighted by molar-refractivity contribution is 8.00. The molecule has 3 aliphatic rings. The van der Waals surface area contributed by atoms with Crippen molar-refractivity contribution in [3.8, 4) is 0 Å². The zero-order chi connectivity index (χ0) is 17.4. The minimum Gasteiger partial charge on any atom is -0.335 e. The SMILES string of the molecule is C[C@@H](Sc1nnc(C2CC2)n1C1CC1)C(=O)NC(=O)NC1CCCC1. The number of nitrogens with one attached hydrogen (secondary N) is 2. The highest BCUT2D eigenvalue weighted by Gasteiger charge is 2.37. The van der Waals surface area contributed by atoms with Gasteiger partial charge in [0, 0.05) is 18.0 Å². The van der Waals surface area contributed by atoms with Crippen molar-refractivity contribution in [3.63, 3.8) is 0 Å². The van der Waals surface area contributed by atoms with Crippen LogP contribution in [-0.2, 0) is 4.79 Å². The lowest BCUT2D eigenvalue weighted by Gasteiger charge is -2.15. The van der Waals surface area contributed by atoms with Gasteiger partial charge in [-0.2, -0.15) is 0 Å². The number of rotatable bonds is 6. The predicted molar refractivity (Wildman–Crippen MR) is 94.5 cm³/mol. The van der Waals surface area contributed by atoms with E-state index in [2.05, 4.69) is 25.4 Å². The number of thioether (sulfide) groups is 1. The Kier molecular flexibility index (Phi) is 4.71. The highest BCUT2D eigenvalue weighted by Crippen LogP contribution is 2.46. The normalized spacial score (nSPS) is 22.0. The zero-order valence-electron chi connectivity index (χ0n) is 14.5. The Bertz CT molecular complexity index is 662. The summed E-state index contributed by atoms with van der Waals surface area (Å²) < 4.78 is 2.23. The van der Waals surface area contributed by atoms with Crippen LogP contribution in [0.2, 0.25) is 0 Å². The summed E-state index contributed by atoms with van der Waals surface area (Å²) in [4.78, 5) is 24.3. The molecule has 2 N–H and O–H groups in total. The first-order valence-corrected chi connectivity index (χ1v) is 10.2. The molecule has 3 amide bonds. The molecule has 7 nitrogen and oxygen atoms in total. The fourth-order valence-corrected chi connectivity index (χ4v) is 4.31. The summed E-state index contributed by atoms with van der Waals surface area (Å²) in [7, 11) is 0. The summed E-state index contributed by atoms with van der Waals surface area (Å²) in [6, 6.07) is 0.315. The summed E-state index contributed by atoms with van der Waals surface area (Å²) in [6.07, 6.45) is 8.99. The quantitative estimate of drug-likeness (QED) is 0.759. The van der Waals surface area contributed by atoms with Crippen LogP contribution in [0.4, 0.5) is 4.79 Å². The van der Waals surface area contributed by atoms with E-state index < -0.39 is 0 Å². The first kappa shape index (κ1) is 16.9. The minimum atomic E-state index is -0.386. The molecule has 0 aromatic carbocycles. The lowest BCUT2D eigenvalue weighted by atomic mass is 10.2. The van der Waals surface area contributed by atoms with Crippen molar-refractivity contribution in [1.29, 1.82) is 0 Å². The number of carbonyl (C=O) groups is 2. The van der Waals surface area contributed by atoms with Gasteiger partial charge in [-0.25, -0.2) is 4.79 Å². The van der Waals surface area contributed by atoms with Gasteiger partial charge in [-0.3, -0.25) is 10.1 Å². The Morgan fingerprint density at radius 3 is 2.48 bits per heavy atom. The Balaban J connectivity index is 1.34. The molecule has 0 radical (unpaired) electrons. The zero-order valence-corrected chi connectivity index (χ0v) is 15.3. The third kappa shape index (κ3) is 3.99. The number of imide groups is 1. The summed E-state index contributed by atoms with van der Waals surface area (Å²) >= 11 is 1.39. The van der Waals surface area contributed by atoms with Crippen LogP contribution in [-0.4, -0.2) is 38.0 Å². The van der Waals surface area contributed by atoms with Gasteiger partial charge < -0.3 is 9.88 Å². The van der Waals surface area contributed by atoms with Crippen LogP contribution in [0, 0.1) is 0 Å². The maximum Gasteiger partial charge on any atom is 0.321 e. The third-order valence-corrected chi connectivity index (χ3v) is 6.18. The molecule has 4 rings (SSSR count). The second-order valence-corrected chi connectivity index (χ2v) is 8.73. The number of hydrogen-bond donors (Lipinski definition) is 2. The maximum absolute atomic E-state index is 12.3. The van der Waals surface area contributed by atoms with Gasteiger partial charge in [-0.15, -0.1) is 10.2 Å². The van der Waals surface area contributed by atoms with Crippen molar-refractivity contribution in [3.05, 3.63) is 5.82 Å². The van der Waals surface area contributed by atoms with Crippen LogP contribution in [0.5, 0.6) is 0 Å². The van der Waals surface area contributed by atoms with Crippen LogP contribution >= 0.6 is 11.8 Å². The van der Waals surface area contributed by atoms with Gasteiger partial charge in [0.05, 0.1) is 5.25 Å². The highest BCUT2D eigenvalue weighted by atomic mass is 32.2. The van der Waals surface area contributed by atoms with E-state index >= 15 is 0 Å². The predicted octanol–water partition coefficient (Wildman–Crippen LogP) is 2.74. The molecular formula is C17H25N5O2S. The molecule has 0 spiro atoms. The maximum atomic E-state index is 12.3. The van der Waals surface area contributed by atoms with Crippen molar-refractivity contribution in [2.75, 3.05) is 0 Å². The monoisotopic (exact) mass is 363 g/mol. The standard InChI is InChI=1S/C17H25N5O2S/c1-10(15(23)19-16(24)18-12-4-2-3-5-12)25-17-21-20-14(11-6-7-11)22(17)13-8-9-13/h10-13H,2-9H2,1H3,(H2,18,19,23,24)/t10-/m1/s1. The summed E-state index contributed by atoms with van der Waals surface area (Å²) in [5.74, 6) is 1.35. The van der Waals surface area contributed by atoms with Gasteiger partial charge in [0.15, 0.2) is 5.16 Å². The second-order valence-electron chi connectivity index (χ2n) is 7.42. The Hall–Kier alpha value is -1.57. The number of amides is 3. The molecule has 1 atom stereocenters. The van der Waals surface area contributed by atoms with Crippen molar-refractivity contribution < 1.29 is 9.59 Å². The van der Waals surface area contributed by atoms with E-state index in [9.17, 15) is 9.59 Å². The van der Waals surface area contributed by atoms with Gasteiger partial charge >= 0.3 is 6.03 Å². The molecule has 0 aliphatic heterocycles. The van der Waals surface area contributed by atoms with E-state index in [-0.39, 0.29) is 23.2 Å². The Morgan fingerprint density at radius 1 is 1.12 bits per heavy atom. The Morgan fingerprint density at radius 2 is 1.84 bits per heavy atom. The first-order valence-electron chi connectivity index (χ1n) is 9.34. The molecule has 25 heavy (non-hydrogen) atoms. The van der Waals surface area contributed by atoms with E-state index in [0.717, 1.165) is 49.5 Å². The topological polar surface area (TPSA) is 88.9 Å². The molecule has 1 aromatic heterocycles. The molecule has 3 fully saturated rings. The summed E-state index contributed by atoms with van der Waals surface area (Å²) in [6.45, 7) is 1.81. The molecule has 1 heterocycles. The molecule has 0 unspecified atom stereocenters. The van der Waals surface area contributed by atoms with Gasteiger partial charge in [0.2, 0.25) is 5.91 Å². The summed E-state index contributed by atoms with van der Waals surface area (Å²) in [5, 5.41) is 14.5. The van der Waals surface area contributed by atoms with E-state index in [1.165, 1.54) is 24.6 Å². The molecule has 0 saturated heterocycles. The van der Waals surface area contributed by atoms with Crippen molar-refractivity contribution >= 4 is 23.7 Å². The molecule has 8 heteroatoms. The lowest BCUT2D eigenvalue weighted by molar-refractivity contribution is -0.119. The number of nitrogens with zero attached hydrogens (tertiary/aromatic N) is 3. The van der Waals surface area contributed by atoms with E-state index in [4.69, 9.17) is 0 Å². The van der Waals surface area contributed by atoms with Gasteiger partial charge in [-0.05, 0) is 45.4 Å². The fourth-order valence-electron chi connectivity index (χ4n) is 3.38. The molecule has 3 saturated carbocycles. The number of hydrogen-bond acceptors (Lipinski definition) is 5. The molecular weight excluding hydrogens is 338 g/mol. The van der Waals surface area contributed by atoms with Crippen LogP contribution in [0.1, 0.15) is 76.1 Å². The minimum absolute atomic E-state index is 0.204. The first-order chi connectivity index (χ1) is 12.1. The van der Waals surface area contributed by atoms with Crippen molar-refractivity contribution in [2.45, 2.75) is 86.7 Å². The van der Waals surface area contributed by atoms with E-state index in [0.29, 0.717) is 12.0 Å². The van der Waals surface area contributed by atoms with E-state index in [1.54, 1.807) is 0 Å². The third-order valence-electron chi connectivity index (χ3n) is 5.12. The number of aromatic nitrogens is 3. The average Bonchev–Trinajstić information content (AvgIpc) is 3.51. The molecule has 3 aliphatic carbocycles. The van der Waals surface area contributed by atoms with Gasteiger partial charge in [0.1, 0.15) is 5.82 Å². The molecule has 136 valence electrons. The molecule has 1 aromatic rings. The summed E-state index contributed by atoms with van der Waals surface area (Å²) in [5.41, 5.74) is 0. The number of carbonyl (C=O) groups excluding carboxylic acids is 2. The largest absolute Gasteiger partial charge is 0.335 e. The van der Waals surface area contributed by atoms with Crippen LogP contribution < -0.4 is 10.6 Å². The van der Waals surface area contributed by atoms with Gasteiger partial charge in [-0.1, -0.05) is 24.6 Å². The van der Waals surface area contributed by atoms with Crippen LogP contribution in [0.3, 0.4) is 0 Å². The smallest absolute Gasteiger partial charge is 0.321 e. The van der Waals surface area contributed by atoms with Crippen molar-refractivity contribution in [1.82, 2.24) is 25.4 Å². The second kappa shape index (κ2) is 6.97. The van der Waals surface area contributed by atoms with Gasteiger partial charge in [0.25, 0.3) is 0 Å².